The summed E-state index contributed by atoms with van der Waals surface area (Å²) in [5, 5.41) is 13.1. The largest absolute Gasteiger partial charge is 0.373 e. The van der Waals surface area contributed by atoms with E-state index in [9.17, 15) is 10.1 Å². The molecule has 0 unspecified atom stereocenters. The SMILES string of the molecule is O=[N+]([O-])c1c(N2CCCSCC2)nc2sccn12. The lowest BCUT2D eigenvalue weighted by Crippen LogP contribution is -2.26. The van der Waals surface area contributed by atoms with Crippen LogP contribution in [0.25, 0.3) is 4.96 Å². The molecule has 0 atom stereocenters. The van der Waals surface area contributed by atoms with Crippen LogP contribution in [0.2, 0.25) is 0 Å². The summed E-state index contributed by atoms with van der Waals surface area (Å²) < 4.78 is 1.57. The van der Waals surface area contributed by atoms with Crippen LogP contribution in [0.5, 0.6) is 0 Å². The van der Waals surface area contributed by atoms with Gasteiger partial charge in [-0.25, -0.2) is 0 Å². The summed E-state index contributed by atoms with van der Waals surface area (Å²) >= 11 is 3.32. The number of nitrogens with zero attached hydrogens (tertiary/aromatic N) is 4. The van der Waals surface area contributed by atoms with Crippen LogP contribution >= 0.6 is 23.1 Å². The molecule has 3 rings (SSSR count). The summed E-state index contributed by atoms with van der Waals surface area (Å²) in [6, 6.07) is 0. The van der Waals surface area contributed by atoms with Crippen LogP contribution in [0.15, 0.2) is 11.6 Å². The summed E-state index contributed by atoms with van der Waals surface area (Å²) in [5.74, 6) is 2.74. The van der Waals surface area contributed by atoms with Gasteiger partial charge in [0, 0.05) is 24.2 Å². The molecule has 1 fully saturated rings. The average Bonchev–Trinajstić information content (AvgIpc) is 2.79. The summed E-state index contributed by atoms with van der Waals surface area (Å²) in [4.78, 5) is 18.1. The lowest BCUT2D eigenvalue weighted by Gasteiger charge is -2.18. The monoisotopic (exact) mass is 284 g/mol. The maximum absolute atomic E-state index is 11.2. The van der Waals surface area contributed by atoms with Crippen molar-refractivity contribution in [2.75, 3.05) is 29.5 Å². The number of aromatic nitrogens is 2. The molecular formula is C10H12N4O2S2. The van der Waals surface area contributed by atoms with Gasteiger partial charge in [-0.2, -0.15) is 21.1 Å². The third-order valence-corrected chi connectivity index (χ3v) is 4.72. The number of hydrogen-bond acceptors (Lipinski definition) is 6. The highest BCUT2D eigenvalue weighted by Gasteiger charge is 2.28. The molecule has 0 aromatic carbocycles. The first-order valence-electron chi connectivity index (χ1n) is 5.70. The van der Waals surface area contributed by atoms with E-state index in [4.69, 9.17) is 0 Å². The van der Waals surface area contributed by atoms with E-state index >= 15 is 0 Å². The maximum Gasteiger partial charge on any atom is 0.373 e. The van der Waals surface area contributed by atoms with Crippen LogP contribution < -0.4 is 4.90 Å². The first kappa shape index (κ1) is 11.8. The zero-order valence-corrected chi connectivity index (χ0v) is 11.2. The highest BCUT2D eigenvalue weighted by atomic mass is 32.2. The Morgan fingerprint density at radius 1 is 1.39 bits per heavy atom. The Kier molecular flexibility index (Phi) is 3.13. The van der Waals surface area contributed by atoms with Crippen molar-refractivity contribution in [1.82, 2.24) is 9.38 Å². The van der Waals surface area contributed by atoms with Gasteiger partial charge in [-0.05, 0) is 17.1 Å². The number of hydrogen-bond donors (Lipinski definition) is 0. The second-order valence-electron chi connectivity index (χ2n) is 4.02. The van der Waals surface area contributed by atoms with Crippen LogP contribution in [-0.2, 0) is 0 Å². The average molecular weight is 284 g/mol. The van der Waals surface area contributed by atoms with Gasteiger partial charge in [0.25, 0.3) is 4.96 Å². The molecule has 2 aromatic heterocycles. The Labute approximate surface area is 112 Å². The van der Waals surface area contributed by atoms with Crippen LogP contribution in [0.3, 0.4) is 0 Å². The van der Waals surface area contributed by atoms with Crippen molar-refractivity contribution >= 4 is 39.7 Å². The predicted octanol–water partition coefficient (Wildman–Crippen LogP) is 2.25. The highest BCUT2D eigenvalue weighted by Crippen LogP contribution is 2.31. The van der Waals surface area contributed by atoms with E-state index in [1.165, 1.54) is 11.3 Å². The molecule has 0 saturated carbocycles. The van der Waals surface area contributed by atoms with E-state index in [1.54, 1.807) is 10.6 Å². The lowest BCUT2D eigenvalue weighted by atomic mass is 10.4. The van der Waals surface area contributed by atoms with Crippen LogP contribution in [-0.4, -0.2) is 38.9 Å². The predicted molar refractivity (Wildman–Crippen MR) is 73.9 cm³/mol. The quantitative estimate of drug-likeness (QED) is 0.625. The number of thiazole rings is 1. The Morgan fingerprint density at radius 2 is 2.28 bits per heavy atom. The smallest absolute Gasteiger partial charge is 0.358 e. The fourth-order valence-corrected chi connectivity index (χ4v) is 3.69. The molecule has 0 N–H and O–H groups in total. The summed E-state index contributed by atoms with van der Waals surface area (Å²) in [6.45, 7) is 1.68. The molecule has 1 aliphatic heterocycles. The van der Waals surface area contributed by atoms with Gasteiger partial charge in [-0.3, -0.25) is 0 Å². The van der Waals surface area contributed by atoms with E-state index < -0.39 is 0 Å². The van der Waals surface area contributed by atoms with Gasteiger partial charge in [0.1, 0.15) is 6.20 Å². The van der Waals surface area contributed by atoms with E-state index in [0.29, 0.717) is 10.8 Å². The molecule has 0 spiro atoms. The van der Waals surface area contributed by atoms with Gasteiger partial charge in [-0.1, -0.05) is 11.3 Å². The second kappa shape index (κ2) is 4.77. The Balaban J connectivity index is 2.06. The molecule has 3 heterocycles. The summed E-state index contributed by atoms with van der Waals surface area (Å²) in [6.07, 6.45) is 2.76. The molecule has 0 amide bonds. The van der Waals surface area contributed by atoms with Crippen LogP contribution in [0, 0.1) is 10.1 Å². The third kappa shape index (κ3) is 1.95. The van der Waals surface area contributed by atoms with Crippen molar-refractivity contribution in [3.8, 4) is 0 Å². The van der Waals surface area contributed by atoms with Crippen molar-refractivity contribution < 1.29 is 4.92 Å². The van der Waals surface area contributed by atoms with E-state index in [2.05, 4.69) is 4.98 Å². The Morgan fingerprint density at radius 3 is 3.11 bits per heavy atom. The third-order valence-electron chi connectivity index (χ3n) is 2.91. The number of rotatable bonds is 2. The van der Waals surface area contributed by atoms with Crippen molar-refractivity contribution in [3.05, 3.63) is 21.7 Å². The van der Waals surface area contributed by atoms with Crippen molar-refractivity contribution in [2.24, 2.45) is 0 Å². The number of fused-ring (bicyclic) bond motifs is 1. The minimum atomic E-state index is -0.333. The second-order valence-corrected chi connectivity index (χ2v) is 6.12. The van der Waals surface area contributed by atoms with Crippen molar-refractivity contribution in [2.45, 2.75) is 6.42 Å². The van der Waals surface area contributed by atoms with E-state index in [1.807, 2.05) is 22.0 Å². The standard InChI is InChI=1S/C10H12N4O2S2/c15-14(16)9-8(11-10-13(9)4-7-18-10)12-2-1-5-17-6-3-12/h4,7H,1-3,5-6H2. The molecule has 0 radical (unpaired) electrons. The van der Waals surface area contributed by atoms with Gasteiger partial charge in [0.2, 0.25) is 5.82 Å². The summed E-state index contributed by atoms with van der Waals surface area (Å²) in [5.41, 5.74) is 0. The molecule has 1 aliphatic rings. The zero-order valence-electron chi connectivity index (χ0n) is 9.61. The fourth-order valence-electron chi connectivity index (χ4n) is 2.10. The molecule has 0 bridgehead atoms. The first-order chi connectivity index (χ1) is 8.77. The van der Waals surface area contributed by atoms with E-state index in [0.717, 1.165) is 31.0 Å². The van der Waals surface area contributed by atoms with Gasteiger partial charge >= 0.3 is 5.82 Å². The maximum atomic E-state index is 11.2. The Hall–Kier alpha value is -1.28. The fraction of sp³-hybridized carbons (Fsp3) is 0.500. The Bertz CT molecular complexity index is 571. The first-order valence-corrected chi connectivity index (χ1v) is 7.73. The molecule has 6 nitrogen and oxygen atoms in total. The molecule has 8 heteroatoms. The molecule has 0 aliphatic carbocycles. The van der Waals surface area contributed by atoms with Gasteiger partial charge < -0.3 is 15.0 Å². The molecule has 2 aromatic rings. The number of nitro groups is 1. The van der Waals surface area contributed by atoms with Gasteiger partial charge in [0.15, 0.2) is 0 Å². The molecule has 96 valence electrons. The van der Waals surface area contributed by atoms with Gasteiger partial charge in [-0.15, -0.1) is 0 Å². The minimum Gasteiger partial charge on any atom is -0.358 e. The molecule has 1 saturated heterocycles. The van der Waals surface area contributed by atoms with Gasteiger partial charge in [0.05, 0.1) is 0 Å². The highest BCUT2D eigenvalue weighted by molar-refractivity contribution is 7.99. The lowest BCUT2D eigenvalue weighted by molar-refractivity contribution is -0.389. The topological polar surface area (TPSA) is 63.7 Å². The number of imidazole rings is 1. The van der Waals surface area contributed by atoms with Crippen molar-refractivity contribution in [1.29, 1.82) is 0 Å². The zero-order chi connectivity index (χ0) is 12.5. The minimum absolute atomic E-state index is 0.0955. The van der Waals surface area contributed by atoms with E-state index in [-0.39, 0.29) is 10.7 Å². The number of thioether (sulfide) groups is 1. The normalized spacial score (nSPS) is 17.0. The summed E-state index contributed by atoms with van der Waals surface area (Å²) in [7, 11) is 0. The van der Waals surface area contributed by atoms with Crippen LogP contribution in [0.1, 0.15) is 6.42 Å². The number of anilines is 1. The van der Waals surface area contributed by atoms with Crippen molar-refractivity contribution in [3.63, 3.8) is 0 Å². The van der Waals surface area contributed by atoms with Crippen LogP contribution in [0.4, 0.5) is 11.6 Å². The molecule has 18 heavy (non-hydrogen) atoms. The molecular weight excluding hydrogens is 272 g/mol.